The Bertz CT molecular complexity index is 2840. The van der Waals surface area contributed by atoms with Crippen LogP contribution in [0.15, 0.2) is 91.3 Å². The Balaban J connectivity index is 0.000000339. The van der Waals surface area contributed by atoms with E-state index in [4.69, 9.17) is 74.3 Å². The molecule has 1 aromatic heterocycles. The molecule has 0 bridgehead atoms. The van der Waals surface area contributed by atoms with E-state index in [0.29, 0.717) is 25.3 Å². The molecule has 5 aromatic rings. The number of hydrogen-bond donors (Lipinski definition) is 2. The second-order valence-electron chi connectivity index (χ2n) is 13.8. The van der Waals surface area contributed by atoms with E-state index >= 15 is 0 Å². The van der Waals surface area contributed by atoms with Crippen molar-refractivity contribution in [3.63, 3.8) is 0 Å². The number of Topliss-reactive ketones (excluding diaryl/α,β-unsaturated/α-hetero) is 1. The quantitative estimate of drug-likeness (QED) is 0.0419. The highest BCUT2D eigenvalue weighted by Crippen LogP contribution is 2.38. The Morgan fingerprint density at radius 3 is 1.53 bits per heavy atom. The number of methoxy groups -OCH3 is 1. The second kappa shape index (κ2) is 28.1. The third-order valence-electron chi connectivity index (χ3n) is 8.89. The number of nitrogens with one attached hydrogen (secondary N) is 2. The van der Waals surface area contributed by atoms with Gasteiger partial charge in [0.25, 0.3) is 6.54 Å². The minimum atomic E-state index is -4.53. The van der Waals surface area contributed by atoms with Crippen molar-refractivity contribution >= 4 is 63.9 Å². The minimum absolute atomic E-state index is 0.0742. The van der Waals surface area contributed by atoms with Gasteiger partial charge in [0.2, 0.25) is 5.78 Å². The zero-order chi connectivity index (χ0) is 55.5. The Labute approximate surface area is 428 Å². The maximum absolute atomic E-state index is 12.9. The van der Waals surface area contributed by atoms with E-state index in [9.17, 15) is 62.3 Å². The van der Waals surface area contributed by atoms with Crippen molar-refractivity contribution in [1.82, 2.24) is 10.3 Å². The number of aromatic nitrogens is 1. The van der Waals surface area contributed by atoms with Crippen molar-refractivity contribution in [2.24, 2.45) is 0 Å². The van der Waals surface area contributed by atoms with Gasteiger partial charge >= 0.3 is 30.7 Å². The predicted octanol–water partition coefficient (Wildman–Crippen LogP) is 15.4. The molecule has 0 aliphatic carbocycles. The van der Waals surface area contributed by atoms with Gasteiger partial charge in [-0.3, -0.25) is 4.79 Å². The highest BCUT2D eigenvalue weighted by atomic mass is 35.5. The van der Waals surface area contributed by atoms with E-state index < -0.39 is 71.5 Å². The Kier molecular flexibility index (Phi) is 24.1. The maximum Gasteiger partial charge on any atom is 0.416 e. The van der Waals surface area contributed by atoms with Crippen molar-refractivity contribution in [2.45, 2.75) is 44.8 Å². The number of halogens is 16. The molecular formula is C47H35Cl4F12N5O5. The second-order valence-corrected chi connectivity index (χ2v) is 15.4. The van der Waals surface area contributed by atoms with Gasteiger partial charge in [0.15, 0.2) is 12.5 Å². The molecule has 10 nitrogen and oxygen atoms in total. The number of aromatic amines is 1. The van der Waals surface area contributed by atoms with Crippen LogP contribution in [0.1, 0.15) is 67.9 Å². The van der Waals surface area contributed by atoms with Gasteiger partial charge in [-0.2, -0.15) is 57.9 Å². The van der Waals surface area contributed by atoms with Gasteiger partial charge in [-0.25, -0.2) is 16.2 Å². The largest absolute Gasteiger partial charge is 0.465 e. The summed E-state index contributed by atoms with van der Waals surface area (Å²) in [6.07, 6.45) is -16.0. The minimum Gasteiger partial charge on any atom is -0.465 e. The fraction of sp³-hybridized carbons (Fsp3) is 0.255. The molecule has 390 valence electrons. The number of nitriles is 1. The number of hydrogen-bond acceptors (Lipinski definition) is 7. The van der Waals surface area contributed by atoms with E-state index in [1.54, 1.807) is 13.8 Å². The van der Waals surface area contributed by atoms with E-state index in [1.165, 1.54) is 18.3 Å². The smallest absolute Gasteiger partial charge is 0.416 e. The normalized spacial score (nSPS) is 11.5. The van der Waals surface area contributed by atoms with E-state index in [0.717, 1.165) is 67.9 Å². The average molecular weight is 1120 g/mol. The summed E-state index contributed by atoms with van der Waals surface area (Å²) in [4.78, 5) is 31.0. The Morgan fingerprint density at radius 1 is 0.685 bits per heavy atom. The molecule has 1 heterocycles. The summed E-state index contributed by atoms with van der Waals surface area (Å²) in [7, 11) is 1.07. The lowest BCUT2D eigenvalue weighted by atomic mass is 10.1. The number of alkyl halides is 12. The summed E-state index contributed by atoms with van der Waals surface area (Å²) in [6.45, 7) is 17.5. The highest BCUT2D eigenvalue weighted by Gasteiger charge is 2.34. The van der Waals surface area contributed by atoms with Crippen LogP contribution in [-0.4, -0.2) is 56.4 Å². The van der Waals surface area contributed by atoms with Gasteiger partial charge in [-0.05, 0) is 92.7 Å². The van der Waals surface area contributed by atoms with Crippen molar-refractivity contribution < 1.29 is 76.5 Å². The Morgan fingerprint density at radius 2 is 1.11 bits per heavy atom. The van der Waals surface area contributed by atoms with E-state index in [2.05, 4.69) is 24.7 Å². The number of nitrogens with zero attached hydrogens (tertiary/aromatic N) is 3. The zero-order valence-corrected chi connectivity index (χ0v) is 40.5. The summed E-state index contributed by atoms with van der Waals surface area (Å²) in [6, 6.07) is 14.2. The molecule has 0 aliphatic rings. The fourth-order valence-corrected chi connectivity index (χ4v) is 6.38. The molecule has 0 radical (unpaired) electrons. The summed E-state index contributed by atoms with van der Waals surface area (Å²) >= 11 is 23.0. The molecule has 0 atom stereocenters. The molecule has 0 saturated carbocycles. The molecule has 73 heavy (non-hydrogen) atoms. The number of H-pyrrole nitrogens is 1. The van der Waals surface area contributed by atoms with E-state index in [-0.39, 0.29) is 65.8 Å². The first-order valence-corrected chi connectivity index (χ1v) is 21.5. The molecule has 0 fully saturated rings. The average Bonchev–Trinajstić information content (AvgIpc) is 3.79. The number of esters is 1. The molecule has 0 spiro atoms. The SMILES string of the molecule is COC(=O)c1cc(C(F)(F)F)ccc1Cl.N#Cc1cc[nH]c1-c1cc(C(F)(F)F)ccc1Cl.[C-]#[N+]/C=C(\NCC(OCC)OCC)c1cc(C(F)(F)F)ccc1Cl.[C-]#[N+]CC(=O)c1cc(C(F)(F)F)ccc1Cl. The highest BCUT2D eigenvalue weighted by molar-refractivity contribution is 6.34. The standard InChI is InChI=1S/C16H18ClF3N2O2.C12H6ClF3N2.C10H5ClF3NO.C9H6ClF3O2/c1-4-23-15(24-5-2)10-22-14(9-21-3)12-8-11(16(18,19)20)6-7-13(12)17;13-10-2-1-8(12(14,15)16)5-9(10)11-7(6-17)3-4-18-11;1-15-5-9(16)7-4-6(10(12,13)14)2-3-8(7)11;1-15-8(14)6-4-5(9(11,12)13)2-3-7(6)10/h6-9,15,22H,4-5,10H2,1-2H3;1-5,18H;2-4H,5H2;2-4H,1H3/b14-9-;;;. The van der Waals surface area contributed by atoms with Crippen molar-refractivity contribution in [2.75, 3.05) is 33.4 Å². The van der Waals surface area contributed by atoms with Gasteiger partial charge in [0, 0.05) is 51.8 Å². The van der Waals surface area contributed by atoms with Gasteiger partial charge in [0.1, 0.15) is 6.07 Å². The van der Waals surface area contributed by atoms with Crippen molar-refractivity contribution in [3.8, 4) is 17.3 Å². The number of benzene rings is 4. The molecule has 4 aromatic carbocycles. The summed E-state index contributed by atoms with van der Waals surface area (Å²) in [5, 5.41) is 11.8. The molecule has 5 rings (SSSR count). The third-order valence-corrected chi connectivity index (χ3v) is 10.2. The summed E-state index contributed by atoms with van der Waals surface area (Å²) < 4.78 is 165. The van der Waals surface area contributed by atoms with Gasteiger partial charge < -0.3 is 29.4 Å². The lowest BCUT2D eigenvalue weighted by molar-refractivity contribution is -0.138. The Hall–Kier alpha value is -6.45. The first kappa shape index (κ1) is 62.7. The lowest BCUT2D eigenvalue weighted by Gasteiger charge is -2.20. The molecule has 0 saturated heterocycles. The number of ketones is 1. The van der Waals surface area contributed by atoms with Crippen LogP contribution in [0, 0.1) is 24.5 Å². The van der Waals surface area contributed by atoms with Gasteiger partial charge in [-0.1, -0.05) is 46.4 Å². The molecule has 2 N–H and O–H groups in total. The number of ether oxygens (including phenoxy) is 3. The molecule has 0 unspecified atom stereocenters. The molecule has 0 amide bonds. The van der Waals surface area contributed by atoms with Crippen LogP contribution in [0.4, 0.5) is 52.7 Å². The zero-order valence-electron chi connectivity index (χ0n) is 37.5. The number of carbonyl (C=O) groups excluding carboxylic acids is 2. The summed E-state index contributed by atoms with van der Waals surface area (Å²) in [5.74, 6) is -1.61. The summed E-state index contributed by atoms with van der Waals surface area (Å²) in [5.41, 5.74) is -3.15. The van der Waals surface area contributed by atoms with Gasteiger partial charge in [0.05, 0.1) is 69.3 Å². The topological polar surface area (TPSA) is 122 Å². The first-order chi connectivity index (χ1) is 34.0. The molecular weight excluding hydrogens is 1080 g/mol. The van der Waals surface area contributed by atoms with E-state index in [1.807, 2.05) is 6.07 Å². The monoisotopic (exact) mass is 1120 g/mol. The van der Waals surface area contributed by atoms with Crippen LogP contribution in [0.25, 0.3) is 26.6 Å². The van der Waals surface area contributed by atoms with Crippen LogP contribution in [0.2, 0.25) is 20.1 Å². The van der Waals surface area contributed by atoms with Crippen molar-refractivity contribution in [3.05, 3.63) is 179 Å². The van der Waals surface area contributed by atoms with Gasteiger partial charge in [-0.15, -0.1) is 0 Å². The van der Waals surface area contributed by atoms with Crippen LogP contribution in [0.3, 0.4) is 0 Å². The first-order valence-electron chi connectivity index (χ1n) is 20.0. The lowest BCUT2D eigenvalue weighted by Crippen LogP contribution is -2.31. The van der Waals surface area contributed by atoms with Crippen LogP contribution >= 0.6 is 46.4 Å². The third kappa shape index (κ3) is 19.5. The van der Waals surface area contributed by atoms with Crippen molar-refractivity contribution in [1.29, 1.82) is 5.26 Å². The molecule has 0 aliphatic heterocycles. The maximum atomic E-state index is 12.9. The van der Waals surface area contributed by atoms with Crippen LogP contribution in [-0.2, 0) is 38.9 Å². The number of carbonyl (C=O) groups is 2. The van der Waals surface area contributed by atoms with Crippen LogP contribution in [0.5, 0.6) is 0 Å². The molecule has 26 heteroatoms. The van der Waals surface area contributed by atoms with Crippen LogP contribution < -0.4 is 5.32 Å². The number of rotatable bonds is 12. The predicted molar refractivity (Wildman–Crippen MR) is 247 cm³/mol. The fourth-order valence-electron chi connectivity index (χ4n) is 5.53.